The van der Waals surface area contributed by atoms with Crippen LogP contribution in [0.15, 0.2) is 48.8 Å². The Labute approximate surface area is 203 Å². The Balaban J connectivity index is 1.40. The van der Waals surface area contributed by atoms with Crippen molar-refractivity contribution < 1.29 is 4.39 Å². The monoisotopic (exact) mass is 479 g/mol. The molecule has 1 saturated heterocycles. The zero-order valence-electron chi connectivity index (χ0n) is 19.3. The lowest BCUT2D eigenvalue weighted by molar-refractivity contribution is 0.229. The Morgan fingerprint density at radius 1 is 1.03 bits per heavy atom. The van der Waals surface area contributed by atoms with E-state index in [0.29, 0.717) is 27.5 Å². The number of anilines is 1. The van der Waals surface area contributed by atoms with Crippen LogP contribution in [0.3, 0.4) is 0 Å². The van der Waals surface area contributed by atoms with Crippen LogP contribution >= 0.6 is 11.6 Å². The van der Waals surface area contributed by atoms with E-state index in [1.165, 1.54) is 12.1 Å². The first-order valence-corrected chi connectivity index (χ1v) is 11.7. The van der Waals surface area contributed by atoms with Crippen molar-refractivity contribution in [2.75, 3.05) is 58.3 Å². The van der Waals surface area contributed by atoms with Crippen LogP contribution in [0.2, 0.25) is 5.02 Å². The number of piperazine rings is 1. The maximum atomic E-state index is 14.5. The molecule has 0 radical (unpaired) electrons. The highest BCUT2D eigenvalue weighted by Gasteiger charge is 2.19. The van der Waals surface area contributed by atoms with E-state index in [0.717, 1.165) is 56.0 Å². The summed E-state index contributed by atoms with van der Waals surface area (Å²) in [4.78, 5) is 16.6. The molecule has 0 spiro atoms. The number of aromatic nitrogens is 4. The van der Waals surface area contributed by atoms with Gasteiger partial charge in [0.1, 0.15) is 11.5 Å². The molecule has 0 amide bonds. The Morgan fingerprint density at radius 2 is 1.85 bits per heavy atom. The molecule has 4 heterocycles. The van der Waals surface area contributed by atoms with Crippen molar-refractivity contribution in [2.45, 2.75) is 0 Å². The molecule has 1 N–H and O–H groups in total. The summed E-state index contributed by atoms with van der Waals surface area (Å²) in [6, 6.07) is 10.4. The van der Waals surface area contributed by atoms with Gasteiger partial charge in [-0.1, -0.05) is 11.6 Å². The summed E-state index contributed by atoms with van der Waals surface area (Å²) in [5.41, 5.74) is 4.90. The van der Waals surface area contributed by atoms with Crippen molar-refractivity contribution in [3.63, 3.8) is 0 Å². The summed E-state index contributed by atoms with van der Waals surface area (Å²) < 4.78 is 14.5. The molecule has 7 nitrogen and oxygen atoms in total. The molecule has 0 aliphatic carbocycles. The van der Waals surface area contributed by atoms with Crippen LogP contribution in [0.25, 0.3) is 33.5 Å². The standard InChI is InChI=1S/C25H27ClFN7/c1-32(2)7-8-33-9-11-34(12-10-33)18-14-24-23(28-15-18)6-5-22(30-24)20-16-29-31-25(20)19-13-17(26)3-4-21(19)27/h3-6,13-16H,7-12H2,1-2H3,(H,29,31). The van der Waals surface area contributed by atoms with E-state index in [1.54, 1.807) is 12.3 Å². The van der Waals surface area contributed by atoms with Crippen molar-refractivity contribution in [3.8, 4) is 22.5 Å². The average Bonchev–Trinajstić information content (AvgIpc) is 3.33. The molecule has 1 fully saturated rings. The second-order valence-corrected chi connectivity index (χ2v) is 9.27. The number of hydrogen-bond donors (Lipinski definition) is 1. The fraction of sp³-hybridized carbons (Fsp3) is 0.320. The minimum atomic E-state index is -0.382. The molecule has 0 unspecified atom stereocenters. The van der Waals surface area contributed by atoms with Crippen LogP contribution in [0.4, 0.5) is 10.1 Å². The topological polar surface area (TPSA) is 64.2 Å². The molecule has 1 aromatic carbocycles. The summed E-state index contributed by atoms with van der Waals surface area (Å²) in [5.74, 6) is -0.382. The number of nitrogens with one attached hydrogen (secondary N) is 1. The summed E-state index contributed by atoms with van der Waals surface area (Å²) in [6.07, 6.45) is 3.65. The van der Waals surface area contributed by atoms with Gasteiger partial charge in [0.25, 0.3) is 0 Å². The molecule has 0 bridgehead atoms. The van der Waals surface area contributed by atoms with Gasteiger partial charge in [-0.3, -0.25) is 15.0 Å². The third kappa shape index (κ3) is 4.75. The van der Waals surface area contributed by atoms with Crippen LogP contribution < -0.4 is 4.90 Å². The number of H-pyrrole nitrogens is 1. The number of nitrogens with zero attached hydrogens (tertiary/aromatic N) is 6. The molecular weight excluding hydrogens is 453 g/mol. The van der Waals surface area contributed by atoms with E-state index in [-0.39, 0.29) is 5.82 Å². The fourth-order valence-corrected chi connectivity index (χ4v) is 4.43. The van der Waals surface area contributed by atoms with Crippen LogP contribution in [-0.4, -0.2) is 83.3 Å². The van der Waals surface area contributed by atoms with Gasteiger partial charge in [-0.15, -0.1) is 0 Å². The minimum Gasteiger partial charge on any atom is -0.368 e. The summed E-state index contributed by atoms with van der Waals surface area (Å²) in [6.45, 7) is 6.13. The van der Waals surface area contributed by atoms with Gasteiger partial charge in [0.2, 0.25) is 0 Å². The zero-order valence-corrected chi connectivity index (χ0v) is 20.1. The highest BCUT2D eigenvalue weighted by atomic mass is 35.5. The fourth-order valence-electron chi connectivity index (χ4n) is 4.26. The summed E-state index contributed by atoms with van der Waals surface area (Å²) in [7, 11) is 4.21. The van der Waals surface area contributed by atoms with Crippen molar-refractivity contribution in [1.82, 2.24) is 30.0 Å². The highest BCUT2D eigenvalue weighted by Crippen LogP contribution is 2.33. The molecule has 0 atom stereocenters. The number of fused-ring (bicyclic) bond motifs is 1. The molecule has 1 aliphatic heterocycles. The molecule has 1 aliphatic rings. The van der Waals surface area contributed by atoms with Gasteiger partial charge >= 0.3 is 0 Å². The summed E-state index contributed by atoms with van der Waals surface area (Å²) in [5, 5.41) is 7.57. The van der Waals surface area contributed by atoms with E-state index in [1.807, 2.05) is 18.3 Å². The molecular formula is C25H27ClFN7. The Hall–Kier alpha value is -3.07. The lowest BCUT2D eigenvalue weighted by atomic mass is 10.0. The predicted octanol–water partition coefficient (Wildman–Crippen LogP) is 4.16. The highest BCUT2D eigenvalue weighted by molar-refractivity contribution is 6.30. The van der Waals surface area contributed by atoms with E-state index in [9.17, 15) is 4.39 Å². The molecule has 5 rings (SSSR count). The van der Waals surface area contributed by atoms with Crippen molar-refractivity contribution in [2.24, 2.45) is 0 Å². The number of aromatic amines is 1. The average molecular weight is 480 g/mol. The van der Waals surface area contributed by atoms with E-state index >= 15 is 0 Å². The lowest BCUT2D eigenvalue weighted by Crippen LogP contribution is -2.48. The molecule has 9 heteroatoms. The SMILES string of the molecule is CN(C)CCN1CCN(c2cnc3ccc(-c4c[nH]nc4-c4cc(Cl)ccc4F)nc3c2)CC1. The molecule has 34 heavy (non-hydrogen) atoms. The number of rotatable bonds is 6. The van der Waals surface area contributed by atoms with Gasteiger partial charge in [-0.25, -0.2) is 9.37 Å². The summed E-state index contributed by atoms with van der Waals surface area (Å²) >= 11 is 6.10. The predicted molar refractivity (Wildman–Crippen MR) is 135 cm³/mol. The van der Waals surface area contributed by atoms with Gasteiger partial charge in [-0.2, -0.15) is 5.10 Å². The lowest BCUT2D eigenvalue weighted by Gasteiger charge is -2.36. The molecule has 0 saturated carbocycles. The van der Waals surface area contributed by atoms with Crippen molar-refractivity contribution in [1.29, 1.82) is 0 Å². The van der Waals surface area contributed by atoms with Crippen LogP contribution in [-0.2, 0) is 0 Å². The largest absolute Gasteiger partial charge is 0.368 e. The van der Waals surface area contributed by atoms with Gasteiger partial charge in [-0.05, 0) is 50.5 Å². The third-order valence-corrected chi connectivity index (χ3v) is 6.46. The molecule has 3 aromatic heterocycles. The van der Waals surface area contributed by atoms with Crippen LogP contribution in [0, 0.1) is 5.82 Å². The second kappa shape index (κ2) is 9.66. The maximum Gasteiger partial charge on any atom is 0.132 e. The minimum absolute atomic E-state index is 0.338. The van der Waals surface area contributed by atoms with Crippen molar-refractivity contribution in [3.05, 3.63) is 59.6 Å². The first-order valence-electron chi connectivity index (χ1n) is 11.4. The zero-order chi connectivity index (χ0) is 23.7. The number of hydrogen-bond acceptors (Lipinski definition) is 6. The normalized spacial score (nSPS) is 14.9. The number of benzene rings is 1. The van der Waals surface area contributed by atoms with E-state index < -0.39 is 0 Å². The van der Waals surface area contributed by atoms with Gasteiger partial charge in [0.15, 0.2) is 0 Å². The van der Waals surface area contributed by atoms with Gasteiger partial charge < -0.3 is 9.80 Å². The first kappa shape index (κ1) is 22.7. The van der Waals surface area contributed by atoms with Crippen LogP contribution in [0.5, 0.6) is 0 Å². The van der Waals surface area contributed by atoms with E-state index in [4.69, 9.17) is 16.6 Å². The van der Waals surface area contributed by atoms with Crippen molar-refractivity contribution >= 4 is 28.3 Å². The second-order valence-electron chi connectivity index (χ2n) is 8.83. The van der Waals surface area contributed by atoms with Gasteiger partial charge in [0, 0.05) is 61.6 Å². The quantitative estimate of drug-likeness (QED) is 0.448. The number of halogens is 2. The molecule has 4 aromatic rings. The Kier molecular flexibility index (Phi) is 6.45. The Bertz CT molecular complexity index is 1300. The number of likely N-dealkylation sites (N-methyl/N-ethyl adjacent to an activating group) is 1. The van der Waals surface area contributed by atoms with E-state index in [2.05, 4.69) is 50.0 Å². The first-order chi connectivity index (χ1) is 16.5. The third-order valence-electron chi connectivity index (χ3n) is 6.22. The van der Waals surface area contributed by atoms with Gasteiger partial charge in [0.05, 0.1) is 28.6 Å². The van der Waals surface area contributed by atoms with Crippen LogP contribution in [0.1, 0.15) is 0 Å². The Morgan fingerprint density at radius 3 is 2.65 bits per heavy atom. The number of pyridine rings is 2. The smallest absolute Gasteiger partial charge is 0.132 e. The maximum absolute atomic E-state index is 14.5. The molecule has 176 valence electrons.